The van der Waals surface area contributed by atoms with Crippen LogP contribution in [0.1, 0.15) is 17.5 Å². The number of nitrogens with zero attached hydrogens (tertiary/aromatic N) is 3. The van der Waals surface area contributed by atoms with Gasteiger partial charge in [0.2, 0.25) is 0 Å². The number of hydrogen-bond donors (Lipinski definition) is 1. The molecule has 1 unspecified atom stereocenters. The minimum Gasteiger partial charge on any atom is -0.355 e. The van der Waals surface area contributed by atoms with Gasteiger partial charge in [-0.1, -0.05) is 24.3 Å². The first-order valence-electron chi connectivity index (χ1n) is 6.80. The molecule has 98 valence electrons. The van der Waals surface area contributed by atoms with Crippen LogP contribution in [0.25, 0.3) is 0 Å². The minimum atomic E-state index is -0.162. The van der Waals surface area contributed by atoms with Gasteiger partial charge in [0.25, 0.3) is 0 Å². The highest BCUT2D eigenvalue weighted by atomic mass is 15.3. The van der Waals surface area contributed by atoms with Crippen LogP contribution in [0.2, 0.25) is 0 Å². The number of benzene rings is 1. The van der Waals surface area contributed by atoms with Crippen molar-refractivity contribution in [2.75, 3.05) is 0 Å². The number of hydrogen-bond acceptors (Lipinski definition) is 4. The lowest BCUT2D eigenvalue weighted by Gasteiger charge is -2.31. The van der Waals surface area contributed by atoms with Crippen LogP contribution >= 0.6 is 0 Å². The molecule has 0 aromatic heterocycles. The van der Waals surface area contributed by atoms with E-state index in [-0.39, 0.29) is 6.04 Å². The maximum atomic E-state index is 9.22. The predicted octanol–water partition coefficient (Wildman–Crippen LogP) is 2.07. The molecule has 0 saturated heterocycles. The van der Waals surface area contributed by atoms with Gasteiger partial charge in [-0.25, -0.2) is 0 Å². The summed E-state index contributed by atoms with van der Waals surface area (Å²) in [6.07, 6.45) is 4.51. The Morgan fingerprint density at radius 1 is 1.25 bits per heavy atom. The standard InChI is InChI=1S/C16H14N4/c17-6-14-5-13-7-18-8-15(13)16(19-14)20-9-11-3-1-2-4-12(11)10-20/h1-4,7-8,14,19H,5,9-10H2. The summed E-state index contributed by atoms with van der Waals surface area (Å²) in [4.78, 5) is 6.55. The third-order valence-corrected chi connectivity index (χ3v) is 4.08. The van der Waals surface area contributed by atoms with Crippen LogP contribution in [0, 0.1) is 11.3 Å². The van der Waals surface area contributed by atoms with Gasteiger partial charge in [0.05, 0.1) is 6.07 Å². The quantitative estimate of drug-likeness (QED) is 0.843. The highest BCUT2D eigenvalue weighted by Crippen LogP contribution is 2.32. The average Bonchev–Trinajstić information content (AvgIpc) is 3.12. The second-order valence-electron chi connectivity index (χ2n) is 5.35. The molecule has 3 heterocycles. The third kappa shape index (κ3) is 1.64. The lowest BCUT2D eigenvalue weighted by atomic mass is 9.97. The van der Waals surface area contributed by atoms with Gasteiger partial charge in [0, 0.05) is 37.5 Å². The molecule has 3 aliphatic rings. The summed E-state index contributed by atoms with van der Waals surface area (Å²) < 4.78 is 0. The maximum absolute atomic E-state index is 9.22. The molecule has 0 amide bonds. The van der Waals surface area contributed by atoms with Crippen LogP contribution in [-0.4, -0.2) is 17.2 Å². The van der Waals surface area contributed by atoms with Crippen LogP contribution in [0.5, 0.6) is 0 Å². The molecule has 4 rings (SSSR count). The van der Waals surface area contributed by atoms with E-state index in [4.69, 9.17) is 0 Å². The average molecular weight is 262 g/mol. The van der Waals surface area contributed by atoms with Crippen LogP contribution in [0.4, 0.5) is 0 Å². The Bertz CT molecular complexity index is 680. The molecule has 4 heteroatoms. The molecule has 1 aromatic carbocycles. The normalized spacial score (nSPS) is 23.1. The number of aliphatic imine (C=N–C) groups is 1. The van der Waals surface area contributed by atoms with E-state index in [0.29, 0.717) is 0 Å². The molecule has 0 radical (unpaired) electrons. The molecule has 0 spiro atoms. The summed E-state index contributed by atoms with van der Waals surface area (Å²) in [5.41, 5.74) is 5.04. The fraction of sp³-hybridized carbons (Fsp3) is 0.250. The number of fused-ring (bicyclic) bond motifs is 2. The van der Waals surface area contributed by atoms with E-state index in [1.165, 1.54) is 16.7 Å². The van der Waals surface area contributed by atoms with Gasteiger partial charge in [-0.3, -0.25) is 4.99 Å². The second-order valence-corrected chi connectivity index (χ2v) is 5.35. The molecule has 0 bridgehead atoms. The molecule has 20 heavy (non-hydrogen) atoms. The first-order chi connectivity index (χ1) is 9.85. The van der Waals surface area contributed by atoms with E-state index in [1.54, 1.807) is 0 Å². The molecule has 1 N–H and O–H groups in total. The molecule has 0 fully saturated rings. The Morgan fingerprint density at radius 3 is 2.70 bits per heavy atom. The van der Waals surface area contributed by atoms with Crippen molar-refractivity contribution in [1.29, 1.82) is 5.26 Å². The number of rotatable bonds is 1. The molecule has 3 aliphatic heterocycles. The van der Waals surface area contributed by atoms with Crippen LogP contribution in [-0.2, 0) is 13.1 Å². The van der Waals surface area contributed by atoms with Crippen LogP contribution in [0.15, 0.2) is 52.4 Å². The summed E-state index contributed by atoms with van der Waals surface area (Å²) >= 11 is 0. The minimum absolute atomic E-state index is 0.162. The first kappa shape index (κ1) is 11.3. The van der Waals surface area contributed by atoms with Gasteiger partial charge in [0.1, 0.15) is 11.9 Å². The van der Waals surface area contributed by atoms with Crippen molar-refractivity contribution in [1.82, 2.24) is 10.2 Å². The smallest absolute Gasteiger partial charge is 0.119 e. The van der Waals surface area contributed by atoms with Crippen LogP contribution < -0.4 is 5.32 Å². The van der Waals surface area contributed by atoms with Crippen molar-refractivity contribution in [2.24, 2.45) is 4.99 Å². The van der Waals surface area contributed by atoms with E-state index in [9.17, 15) is 5.26 Å². The van der Waals surface area contributed by atoms with Gasteiger partial charge in [0.15, 0.2) is 0 Å². The van der Waals surface area contributed by atoms with Crippen molar-refractivity contribution < 1.29 is 0 Å². The Morgan fingerprint density at radius 2 is 2.00 bits per heavy atom. The second kappa shape index (κ2) is 4.24. The number of nitrogens with one attached hydrogen (secondary N) is 1. The molecular weight excluding hydrogens is 248 g/mol. The van der Waals surface area contributed by atoms with Crippen LogP contribution in [0.3, 0.4) is 0 Å². The third-order valence-electron chi connectivity index (χ3n) is 4.08. The zero-order valence-electron chi connectivity index (χ0n) is 11.0. The molecule has 0 saturated carbocycles. The lowest BCUT2D eigenvalue weighted by molar-refractivity contribution is 0.319. The van der Waals surface area contributed by atoms with Gasteiger partial charge in [-0.05, 0) is 16.7 Å². The van der Waals surface area contributed by atoms with E-state index in [2.05, 4.69) is 45.5 Å². The van der Waals surface area contributed by atoms with Crippen molar-refractivity contribution in [3.8, 4) is 6.07 Å². The van der Waals surface area contributed by atoms with Crippen molar-refractivity contribution in [2.45, 2.75) is 25.6 Å². The Kier molecular flexibility index (Phi) is 2.40. The highest BCUT2D eigenvalue weighted by Gasteiger charge is 2.30. The Labute approximate surface area is 117 Å². The van der Waals surface area contributed by atoms with E-state index >= 15 is 0 Å². The van der Waals surface area contributed by atoms with E-state index in [1.807, 2.05) is 12.4 Å². The fourth-order valence-electron chi connectivity index (χ4n) is 3.07. The zero-order chi connectivity index (χ0) is 13.5. The van der Waals surface area contributed by atoms with Crippen molar-refractivity contribution in [3.05, 3.63) is 58.6 Å². The number of nitriles is 1. The van der Waals surface area contributed by atoms with E-state index < -0.39 is 0 Å². The summed E-state index contributed by atoms with van der Waals surface area (Å²) in [5.74, 6) is 1.05. The lowest BCUT2D eigenvalue weighted by Crippen LogP contribution is -2.39. The monoisotopic (exact) mass is 262 g/mol. The summed E-state index contributed by atoms with van der Waals surface area (Å²) in [6, 6.07) is 10.7. The largest absolute Gasteiger partial charge is 0.355 e. The molecule has 1 atom stereocenters. The molecule has 0 aliphatic carbocycles. The van der Waals surface area contributed by atoms with Gasteiger partial charge >= 0.3 is 0 Å². The SMILES string of the molecule is N#CC1CC2=CN=CC2=C(N2Cc3ccccc3C2)N1. The first-order valence-corrected chi connectivity index (χ1v) is 6.80. The predicted molar refractivity (Wildman–Crippen MR) is 76.4 cm³/mol. The van der Waals surface area contributed by atoms with Gasteiger partial charge in [-0.2, -0.15) is 5.26 Å². The van der Waals surface area contributed by atoms with Crippen molar-refractivity contribution >= 4 is 6.21 Å². The van der Waals surface area contributed by atoms with Crippen molar-refractivity contribution in [3.63, 3.8) is 0 Å². The molecular formula is C16H14N4. The molecule has 4 nitrogen and oxygen atoms in total. The Hall–Kier alpha value is -2.54. The topological polar surface area (TPSA) is 51.4 Å². The highest BCUT2D eigenvalue weighted by molar-refractivity contribution is 5.89. The van der Waals surface area contributed by atoms with E-state index in [0.717, 1.165) is 30.9 Å². The maximum Gasteiger partial charge on any atom is 0.119 e. The van der Waals surface area contributed by atoms with Gasteiger partial charge < -0.3 is 10.2 Å². The summed E-state index contributed by atoms with van der Waals surface area (Å²) in [7, 11) is 0. The van der Waals surface area contributed by atoms with Gasteiger partial charge in [-0.15, -0.1) is 0 Å². The zero-order valence-corrected chi connectivity index (χ0v) is 11.0. The molecule has 1 aromatic rings. The Balaban J connectivity index is 1.71. The number of allylic oxidation sites excluding steroid dienone is 1. The fourth-order valence-corrected chi connectivity index (χ4v) is 3.07. The summed E-state index contributed by atoms with van der Waals surface area (Å²) in [6.45, 7) is 1.78. The summed E-state index contributed by atoms with van der Waals surface area (Å²) in [5, 5.41) is 12.6.